The van der Waals surface area contributed by atoms with Crippen molar-refractivity contribution >= 4 is 17.2 Å². The summed E-state index contributed by atoms with van der Waals surface area (Å²) in [6.45, 7) is 8.65. The number of aromatic nitrogens is 1. The fourth-order valence-electron chi connectivity index (χ4n) is 4.23. The second kappa shape index (κ2) is 10.5. The Morgan fingerprint density at radius 3 is 2.85 bits per heavy atom. The van der Waals surface area contributed by atoms with Crippen LogP contribution in [0.15, 0.2) is 5.38 Å². The molecule has 2 aliphatic rings. The molecule has 0 bridgehead atoms. The van der Waals surface area contributed by atoms with Gasteiger partial charge in [-0.2, -0.15) is 0 Å². The third-order valence-electron chi connectivity index (χ3n) is 5.79. The zero-order valence-corrected chi connectivity index (χ0v) is 17.6. The molecule has 3 heterocycles. The number of likely N-dealkylation sites (tertiary alicyclic amines) is 2. The maximum atomic E-state index is 12.4. The van der Waals surface area contributed by atoms with Crippen molar-refractivity contribution in [1.29, 1.82) is 0 Å². The normalized spacial score (nSPS) is 22.8. The molecule has 2 fully saturated rings. The minimum absolute atomic E-state index is 0.135. The van der Waals surface area contributed by atoms with Gasteiger partial charge in [0.25, 0.3) is 0 Å². The Hall–Kier alpha value is -1.02. The van der Waals surface area contributed by atoms with Crippen molar-refractivity contribution in [2.75, 3.05) is 46.4 Å². The lowest BCUT2D eigenvalue weighted by Gasteiger charge is -2.42. The van der Waals surface area contributed by atoms with Crippen molar-refractivity contribution in [3.05, 3.63) is 16.1 Å². The van der Waals surface area contributed by atoms with Gasteiger partial charge in [-0.05, 0) is 38.6 Å². The van der Waals surface area contributed by atoms with E-state index in [1.54, 1.807) is 18.4 Å². The average molecular weight is 395 g/mol. The van der Waals surface area contributed by atoms with Crippen LogP contribution >= 0.6 is 11.3 Å². The second-order valence-electron chi connectivity index (χ2n) is 7.71. The molecule has 0 aromatic carbocycles. The number of aryl methyl sites for hydroxylation is 1. The number of amides is 1. The van der Waals surface area contributed by atoms with Gasteiger partial charge in [-0.25, -0.2) is 4.98 Å². The van der Waals surface area contributed by atoms with Crippen molar-refractivity contribution in [3.8, 4) is 0 Å². The Morgan fingerprint density at radius 2 is 2.15 bits per heavy atom. The molecule has 7 heteroatoms. The number of nitrogens with zero attached hydrogens (tertiary/aromatic N) is 3. The summed E-state index contributed by atoms with van der Waals surface area (Å²) in [6.07, 6.45) is 5.56. The van der Waals surface area contributed by atoms with Crippen LogP contribution in [0.5, 0.6) is 0 Å². The molecule has 0 unspecified atom stereocenters. The number of methoxy groups -OCH3 is 1. The van der Waals surface area contributed by atoms with E-state index < -0.39 is 0 Å². The van der Waals surface area contributed by atoms with Gasteiger partial charge in [-0.1, -0.05) is 6.92 Å². The first-order valence-corrected chi connectivity index (χ1v) is 11.2. The molecular weight excluding hydrogens is 360 g/mol. The molecule has 0 aliphatic carbocycles. The van der Waals surface area contributed by atoms with Crippen molar-refractivity contribution in [3.63, 3.8) is 0 Å². The predicted octanol–water partition coefficient (Wildman–Crippen LogP) is 2.14. The van der Waals surface area contributed by atoms with E-state index >= 15 is 0 Å². The van der Waals surface area contributed by atoms with Crippen molar-refractivity contribution in [1.82, 2.24) is 20.1 Å². The number of hydrogen-bond acceptors (Lipinski definition) is 6. The highest BCUT2D eigenvalue weighted by Gasteiger charge is 2.31. The quantitative estimate of drug-likeness (QED) is 0.685. The molecule has 1 amide bonds. The van der Waals surface area contributed by atoms with E-state index in [-0.39, 0.29) is 11.8 Å². The topological polar surface area (TPSA) is 57.7 Å². The number of ether oxygens (including phenoxy) is 1. The lowest BCUT2D eigenvalue weighted by Crippen LogP contribution is -2.50. The SMILES string of the molecule is CCc1nc(CN2CCC(N3CCC[C@@H](C(=O)NCCOC)C3)CC2)cs1. The summed E-state index contributed by atoms with van der Waals surface area (Å²) in [7, 11) is 1.66. The molecule has 1 aromatic rings. The molecule has 0 spiro atoms. The van der Waals surface area contributed by atoms with E-state index in [4.69, 9.17) is 9.72 Å². The lowest BCUT2D eigenvalue weighted by molar-refractivity contribution is -0.127. The van der Waals surface area contributed by atoms with Crippen LogP contribution in [0.2, 0.25) is 0 Å². The largest absolute Gasteiger partial charge is 0.383 e. The fraction of sp³-hybridized carbons (Fsp3) is 0.800. The third kappa shape index (κ3) is 5.98. The highest BCUT2D eigenvalue weighted by molar-refractivity contribution is 7.09. The van der Waals surface area contributed by atoms with Gasteiger partial charge in [-0.3, -0.25) is 14.6 Å². The fourth-order valence-corrected chi connectivity index (χ4v) is 4.96. The first-order valence-electron chi connectivity index (χ1n) is 10.4. The van der Waals surface area contributed by atoms with Crippen LogP contribution in [0.25, 0.3) is 0 Å². The highest BCUT2D eigenvalue weighted by atomic mass is 32.1. The maximum absolute atomic E-state index is 12.4. The minimum atomic E-state index is 0.135. The molecule has 1 N–H and O–H groups in total. The van der Waals surface area contributed by atoms with Crippen molar-refractivity contribution in [2.45, 2.75) is 51.6 Å². The number of carbonyl (C=O) groups is 1. The molecule has 27 heavy (non-hydrogen) atoms. The van der Waals surface area contributed by atoms with Gasteiger partial charge < -0.3 is 10.1 Å². The summed E-state index contributed by atoms with van der Waals surface area (Å²) < 4.78 is 5.02. The molecule has 6 nitrogen and oxygen atoms in total. The molecule has 1 aromatic heterocycles. The summed E-state index contributed by atoms with van der Waals surface area (Å²) in [5, 5.41) is 6.46. The summed E-state index contributed by atoms with van der Waals surface area (Å²) in [6, 6.07) is 0.623. The number of thiazole rings is 1. The molecule has 0 radical (unpaired) electrons. The molecule has 3 rings (SSSR count). The highest BCUT2D eigenvalue weighted by Crippen LogP contribution is 2.25. The Bertz CT molecular complexity index is 586. The van der Waals surface area contributed by atoms with Crippen LogP contribution < -0.4 is 5.32 Å². The van der Waals surface area contributed by atoms with E-state index in [2.05, 4.69) is 27.4 Å². The Labute approximate surface area is 167 Å². The monoisotopic (exact) mass is 394 g/mol. The first kappa shape index (κ1) is 20.7. The molecule has 2 aliphatic heterocycles. The standard InChI is InChI=1S/C20H34N4O2S/c1-3-19-22-17(15-27-19)14-23-10-6-18(7-11-23)24-9-4-5-16(13-24)20(25)21-8-12-26-2/h15-16,18H,3-14H2,1-2H3,(H,21,25)/t16-/m1/s1. The van der Waals surface area contributed by atoms with Gasteiger partial charge in [0.15, 0.2) is 0 Å². The van der Waals surface area contributed by atoms with Gasteiger partial charge in [0.1, 0.15) is 0 Å². The van der Waals surface area contributed by atoms with Gasteiger partial charge in [0.2, 0.25) is 5.91 Å². The van der Waals surface area contributed by atoms with E-state index in [0.29, 0.717) is 19.2 Å². The van der Waals surface area contributed by atoms with Crippen LogP contribution in [-0.4, -0.2) is 73.2 Å². The predicted molar refractivity (Wildman–Crippen MR) is 109 cm³/mol. The first-order chi connectivity index (χ1) is 13.2. The van der Waals surface area contributed by atoms with E-state index in [1.165, 1.54) is 23.5 Å². The molecule has 152 valence electrons. The molecule has 2 saturated heterocycles. The second-order valence-corrected chi connectivity index (χ2v) is 8.65. The number of hydrogen-bond donors (Lipinski definition) is 1. The summed E-state index contributed by atoms with van der Waals surface area (Å²) in [5.41, 5.74) is 1.22. The average Bonchev–Trinajstić information content (AvgIpc) is 3.16. The number of piperidine rings is 2. The van der Waals surface area contributed by atoms with Gasteiger partial charge >= 0.3 is 0 Å². The number of rotatable bonds is 8. The van der Waals surface area contributed by atoms with E-state index in [0.717, 1.165) is 52.0 Å². The Kier molecular flexibility index (Phi) is 8.06. The summed E-state index contributed by atoms with van der Waals surface area (Å²) in [4.78, 5) is 22.2. The zero-order valence-electron chi connectivity index (χ0n) is 16.8. The zero-order chi connectivity index (χ0) is 19.1. The van der Waals surface area contributed by atoms with Crippen LogP contribution in [0.4, 0.5) is 0 Å². The molecule has 1 atom stereocenters. The van der Waals surface area contributed by atoms with Gasteiger partial charge in [-0.15, -0.1) is 11.3 Å². The number of nitrogens with one attached hydrogen (secondary N) is 1. The summed E-state index contributed by atoms with van der Waals surface area (Å²) >= 11 is 1.78. The third-order valence-corrected chi connectivity index (χ3v) is 6.83. The van der Waals surface area contributed by atoms with Crippen molar-refractivity contribution in [2.24, 2.45) is 5.92 Å². The Balaban J connectivity index is 1.42. The van der Waals surface area contributed by atoms with E-state index in [9.17, 15) is 4.79 Å². The van der Waals surface area contributed by atoms with Crippen LogP contribution in [0.1, 0.15) is 43.3 Å². The van der Waals surface area contributed by atoms with Crippen LogP contribution in [0, 0.1) is 5.92 Å². The van der Waals surface area contributed by atoms with Crippen LogP contribution in [0.3, 0.4) is 0 Å². The molecule has 0 saturated carbocycles. The van der Waals surface area contributed by atoms with E-state index in [1.807, 2.05) is 0 Å². The Morgan fingerprint density at radius 1 is 1.33 bits per heavy atom. The lowest BCUT2D eigenvalue weighted by atomic mass is 9.93. The summed E-state index contributed by atoms with van der Waals surface area (Å²) in [5.74, 6) is 0.334. The van der Waals surface area contributed by atoms with Gasteiger partial charge in [0, 0.05) is 51.3 Å². The molecular formula is C20H34N4O2S. The smallest absolute Gasteiger partial charge is 0.224 e. The maximum Gasteiger partial charge on any atom is 0.224 e. The number of carbonyl (C=O) groups excluding carboxylic acids is 1. The van der Waals surface area contributed by atoms with Crippen LogP contribution in [-0.2, 0) is 22.5 Å². The van der Waals surface area contributed by atoms with Gasteiger partial charge in [0.05, 0.1) is 23.2 Å². The minimum Gasteiger partial charge on any atom is -0.383 e. The van der Waals surface area contributed by atoms with Crippen molar-refractivity contribution < 1.29 is 9.53 Å².